The van der Waals surface area contributed by atoms with Crippen LogP contribution in [0, 0.1) is 11.6 Å². The second-order valence-corrected chi connectivity index (χ2v) is 5.15. The number of nitrogens with one attached hydrogen (secondary N) is 1. The number of hydrogen-bond donors (Lipinski definition) is 1. The van der Waals surface area contributed by atoms with E-state index in [1.54, 1.807) is 0 Å². The maximum Gasteiger partial charge on any atom is 0.416 e. The Labute approximate surface area is 125 Å². The van der Waals surface area contributed by atoms with Crippen molar-refractivity contribution in [3.63, 3.8) is 0 Å². The molecule has 0 radical (unpaired) electrons. The topological polar surface area (TPSA) is 12.0 Å². The number of alkyl halides is 3. The van der Waals surface area contributed by atoms with Crippen molar-refractivity contribution in [2.45, 2.75) is 12.7 Å². The van der Waals surface area contributed by atoms with E-state index in [2.05, 4.69) is 21.2 Å². The highest BCUT2D eigenvalue weighted by atomic mass is 79.9. The Morgan fingerprint density at radius 1 is 0.952 bits per heavy atom. The molecule has 0 aliphatic carbocycles. The molecule has 112 valence electrons. The second-order valence-electron chi connectivity index (χ2n) is 4.29. The molecular formula is C14H9BrF5N. The predicted octanol–water partition coefficient (Wildman–Crippen LogP) is 5.36. The molecule has 0 atom stereocenters. The summed E-state index contributed by atoms with van der Waals surface area (Å²) in [5, 5.41) is 2.57. The minimum atomic E-state index is -4.54. The molecule has 0 saturated heterocycles. The number of halogens is 6. The lowest BCUT2D eigenvalue weighted by Crippen LogP contribution is -2.08. The van der Waals surface area contributed by atoms with Crippen LogP contribution < -0.4 is 5.32 Å². The number of rotatable bonds is 3. The van der Waals surface area contributed by atoms with Crippen LogP contribution in [0.5, 0.6) is 0 Å². The Bertz CT molecular complexity index is 654. The average molecular weight is 366 g/mol. The van der Waals surface area contributed by atoms with E-state index in [0.29, 0.717) is 17.7 Å². The highest BCUT2D eigenvalue weighted by molar-refractivity contribution is 9.10. The fourth-order valence-corrected chi connectivity index (χ4v) is 2.11. The zero-order valence-electron chi connectivity index (χ0n) is 10.4. The van der Waals surface area contributed by atoms with E-state index in [1.165, 1.54) is 18.2 Å². The zero-order chi connectivity index (χ0) is 15.6. The van der Waals surface area contributed by atoms with Gasteiger partial charge >= 0.3 is 6.18 Å². The smallest absolute Gasteiger partial charge is 0.379 e. The summed E-state index contributed by atoms with van der Waals surface area (Å²) in [4.78, 5) is 0. The first-order valence-corrected chi connectivity index (χ1v) is 6.61. The molecule has 2 rings (SSSR count). The van der Waals surface area contributed by atoms with Crippen molar-refractivity contribution in [2.75, 3.05) is 5.32 Å². The van der Waals surface area contributed by atoms with E-state index in [9.17, 15) is 22.0 Å². The normalized spacial score (nSPS) is 11.5. The van der Waals surface area contributed by atoms with Crippen LogP contribution in [0.25, 0.3) is 0 Å². The van der Waals surface area contributed by atoms with E-state index >= 15 is 0 Å². The van der Waals surface area contributed by atoms with Gasteiger partial charge in [-0.2, -0.15) is 13.2 Å². The molecule has 1 nitrogen and oxygen atoms in total. The minimum absolute atomic E-state index is 0.0666. The van der Waals surface area contributed by atoms with Crippen LogP contribution >= 0.6 is 15.9 Å². The summed E-state index contributed by atoms with van der Waals surface area (Å²) >= 11 is 3.00. The van der Waals surface area contributed by atoms with Gasteiger partial charge in [-0.3, -0.25) is 0 Å². The molecule has 7 heteroatoms. The highest BCUT2D eigenvalue weighted by Crippen LogP contribution is 2.32. The van der Waals surface area contributed by atoms with E-state index in [4.69, 9.17) is 0 Å². The van der Waals surface area contributed by atoms with Gasteiger partial charge in [0.15, 0.2) is 0 Å². The van der Waals surface area contributed by atoms with Gasteiger partial charge in [-0.05, 0) is 51.8 Å². The fourth-order valence-electron chi connectivity index (χ4n) is 1.68. The van der Waals surface area contributed by atoms with E-state index in [1.807, 2.05) is 0 Å². The fraction of sp³-hybridized carbons (Fsp3) is 0.143. The summed E-state index contributed by atoms with van der Waals surface area (Å²) < 4.78 is 64.5. The molecule has 1 N–H and O–H groups in total. The van der Waals surface area contributed by atoms with Crippen molar-refractivity contribution in [3.8, 4) is 0 Å². The standard InChI is InChI=1S/C14H9BrF5N/c15-10-5-8(1-3-11(10)16)7-21-13-6-9(14(18,19)20)2-4-12(13)17/h1-6,21H,7H2. The molecule has 0 bridgehead atoms. The lowest BCUT2D eigenvalue weighted by molar-refractivity contribution is -0.137. The first kappa shape index (κ1) is 15.8. The molecule has 0 aliphatic rings. The van der Waals surface area contributed by atoms with Crippen LogP contribution in [0.15, 0.2) is 40.9 Å². The third-order valence-corrected chi connectivity index (χ3v) is 3.37. The molecule has 0 spiro atoms. The van der Waals surface area contributed by atoms with Crippen molar-refractivity contribution < 1.29 is 22.0 Å². The van der Waals surface area contributed by atoms with Gasteiger partial charge in [-0.1, -0.05) is 6.07 Å². The van der Waals surface area contributed by atoms with Gasteiger partial charge in [-0.25, -0.2) is 8.78 Å². The summed E-state index contributed by atoms with van der Waals surface area (Å²) in [6.07, 6.45) is -4.54. The quantitative estimate of drug-likeness (QED) is 0.722. The SMILES string of the molecule is Fc1ccc(CNc2cc(C(F)(F)F)ccc2F)cc1Br. The van der Waals surface area contributed by atoms with Crippen LogP contribution in [0.3, 0.4) is 0 Å². The van der Waals surface area contributed by atoms with Crippen LogP contribution in [0.4, 0.5) is 27.6 Å². The van der Waals surface area contributed by atoms with Gasteiger partial charge in [0.1, 0.15) is 11.6 Å². The number of hydrogen-bond acceptors (Lipinski definition) is 1. The summed E-state index contributed by atoms with van der Waals surface area (Å²) in [6.45, 7) is 0.0666. The van der Waals surface area contributed by atoms with Crippen molar-refractivity contribution in [1.29, 1.82) is 0 Å². The first-order chi connectivity index (χ1) is 9.77. The molecule has 0 amide bonds. The van der Waals surface area contributed by atoms with Gasteiger partial charge in [0.2, 0.25) is 0 Å². The summed E-state index contributed by atoms with van der Waals surface area (Å²) in [5.74, 6) is -1.24. The molecule has 2 aromatic rings. The lowest BCUT2D eigenvalue weighted by atomic mass is 10.1. The third-order valence-electron chi connectivity index (χ3n) is 2.76. The maximum atomic E-state index is 13.5. The Morgan fingerprint density at radius 3 is 2.24 bits per heavy atom. The monoisotopic (exact) mass is 365 g/mol. The van der Waals surface area contributed by atoms with Gasteiger partial charge in [0, 0.05) is 6.54 Å². The molecule has 0 aliphatic heterocycles. The summed E-state index contributed by atoms with van der Waals surface area (Å²) in [7, 11) is 0. The van der Waals surface area contributed by atoms with E-state index in [0.717, 1.165) is 6.07 Å². The van der Waals surface area contributed by atoms with Crippen molar-refractivity contribution >= 4 is 21.6 Å². The van der Waals surface area contributed by atoms with Crippen LogP contribution in [0.2, 0.25) is 0 Å². The number of anilines is 1. The molecule has 0 heterocycles. The zero-order valence-corrected chi connectivity index (χ0v) is 12.0. The van der Waals surface area contributed by atoms with Crippen LogP contribution in [-0.2, 0) is 12.7 Å². The highest BCUT2D eigenvalue weighted by Gasteiger charge is 2.31. The lowest BCUT2D eigenvalue weighted by Gasteiger charge is -2.12. The Hall–Kier alpha value is -1.63. The summed E-state index contributed by atoms with van der Waals surface area (Å²) in [5.41, 5.74) is -0.600. The van der Waals surface area contributed by atoms with Gasteiger partial charge in [0.05, 0.1) is 15.7 Å². The maximum absolute atomic E-state index is 13.5. The Balaban J connectivity index is 2.17. The molecule has 0 saturated carbocycles. The first-order valence-electron chi connectivity index (χ1n) is 5.82. The van der Waals surface area contributed by atoms with Crippen LogP contribution in [-0.4, -0.2) is 0 Å². The van der Waals surface area contributed by atoms with Gasteiger partial charge in [0.25, 0.3) is 0 Å². The molecule has 0 unspecified atom stereocenters. The van der Waals surface area contributed by atoms with Crippen molar-refractivity contribution in [1.82, 2.24) is 0 Å². The molecule has 0 aromatic heterocycles. The van der Waals surface area contributed by atoms with Crippen molar-refractivity contribution in [2.24, 2.45) is 0 Å². The Kier molecular flexibility index (Phi) is 4.51. The molecule has 0 fully saturated rings. The Morgan fingerprint density at radius 2 is 1.62 bits per heavy atom. The predicted molar refractivity (Wildman–Crippen MR) is 72.8 cm³/mol. The average Bonchev–Trinajstić information content (AvgIpc) is 2.40. The summed E-state index contributed by atoms with van der Waals surface area (Å²) in [6, 6.07) is 6.27. The molecular weight excluding hydrogens is 357 g/mol. The number of benzene rings is 2. The third kappa shape index (κ3) is 3.93. The largest absolute Gasteiger partial charge is 0.416 e. The molecule has 21 heavy (non-hydrogen) atoms. The van der Waals surface area contributed by atoms with Gasteiger partial charge < -0.3 is 5.32 Å². The van der Waals surface area contributed by atoms with E-state index < -0.39 is 23.4 Å². The van der Waals surface area contributed by atoms with Crippen molar-refractivity contribution in [3.05, 3.63) is 63.6 Å². The molecule has 2 aromatic carbocycles. The minimum Gasteiger partial charge on any atom is -0.379 e. The van der Waals surface area contributed by atoms with E-state index in [-0.39, 0.29) is 16.7 Å². The van der Waals surface area contributed by atoms with Crippen LogP contribution in [0.1, 0.15) is 11.1 Å². The second kappa shape index (κ2) is 6.01. The van der Waals surface area contributed by atoms with Gasteiger partial charge in [-0.15, -0.1) is 0 Å².